The normalized spacial score (nSPS) is 16.5. The van der Waals surface area contributed by atoms with E-state index < -0.39 is 0 Å². The first-order chi connectivity index (χ1) is 14.1. The van der Waals surface area contributed by atoms with Gasteiger partial charge in [-0.3, -0.25) is 14.7 Å². The largest absolute Gasteiger partial charge is 0.356 e. The minimum absolute atomic E-state index is 0.135. The van der Waals surface area contributed by atoms with E-state index in [0.29, 0.717) is 25.0 Å². The molecule has 1 aliphatic carbocycles. The van der Waals surface area contributed by atoms with Gasteiger partial charge in [-0.1, -0.05) is 49.6 Å². The van der Waals surface area contributed by atoms with Crippen molar-refractivity contribution in [3.05, 3.63) is 35.9 Å². The molecule has 1 aromatic rings. The molecule has 1 aliphatic rings. The van der Waals surface area contributed by atoms with Crippen molar-refractivity contribution >= 4 is 11.9 Å². The Morgan fingerprint density at radius 3 is 2.52 bits per heavy atom. The molecule has 2 rings (SSSR count). The summed E-state index contributed by atoms with van der Waals surface area (Å²) < 4.78 is 0. The zero-order chi connectivity index (χ0) is 20.9. The number of nitrogens with zero attached hydrogens (tertiary/aromatic N) is 2. The predicted octanol–water partition coefficient (Wildman–Crippen LogP) is 2.90. The van der Waals surface area contributed by atoms with Gasteiger partial charge in [-0.15, -0.1) is 0 Å². The maximum atomic E-state index is 12.1. The molecule has 3 N–H and O–H groups in total. The van der Waals surface area contributed by atoms with Crippen molar-refractivity contribution in [1.82, 2.24) is 20.9 Å². The topological polar surface area (TPSA) is 68.8 Å². The Balaban J connectivity index is 1.58. The molecule has 0 aromatic heterocycles. The molecule has 162 valence electrons. The van der Waals surface area contributed by atoms with Crippen LogP contribution in [0, 0.1) is 0 Å². The van der Waals surface area contributed by atoms with E-state index in [9.17, 15) is 4.79 Å². The van der Waals surface area contributed by atoms with Gasteiger partial charge in [-0.2, -0.15) is 0 Å². The zero-order valence-corrected chi connectivity index (χ0v) is 18.4. The molecule has 1 atom stereocenters. The minimum atomic E-state index is 0.135. The SMILES string of the molecule is CN=C(NCCC(=O)NC1CCCCC1)NCCC(C)N(C)Cc1ccccc1. The Bertz CT molecular complexity index is 613. The number of aliphatic imine (C=N–C) groups is 1. The van der Waals surface area contributed by atoms with Crippen molar-refractivity contribution in [2.45, 2.75) is 70.5 Å². The number of benzene rings is 1. The monoisotopic (exact) mass is 401 g/mol. The van der Waals surface area contributed by atoms with Crippen LogP contribution < -0.4 is 16.0 Å². The zero-order valence-electron chi connectivity index (χ0n) is 18.4. The van der Waals surface area contributed by atoms with Crippen molar-refractivity contribution in [1.29, 1.82) is 0 Å². The van der Waals surface area contributed by atoms with E-state index in [1.54, 1.807) is 7.05 Å². The first kappa shape index (κ1) is 23.2. The molecule has 0 heterocycles. The Morgan fingerprint density at radius 1 is 1.14 bits per heavy atom. The summed E-state index contributed by atoms with van der Waals surface area (Å²) in [5, 5.41) is 9.76. The standard InChI is InChI=1S/C23H39N5O/c1-19(28(3)18-20-10-6-4-7-11-20)14-16-25-23(24-2)26-17-15-22(29)27-21-12-8-5-9-13-21/h4,6-7,10-11,19,21H,5,8-9,12-18H2,1-3H3,(H,27,29)(H2,24,25,26). The van der Waals surface area contributed by atoms with Gasteiger partial charge in [0.15, 0.2) is 5.96 Å². The molecule has 1 amide bonds. The molecule has 0 bridgehead atoms. The molecular formula is C23H39N5O. The second-order valence-corrected chi connectivity index (χ2v) is 8.12. The minimum Gasteiger partial charge on any atom is -0.356 e. The molecule has 1 unspecified atom stereocenters. The third-order valence-electron chi connectivity index (χ3n) is 5.72. The summed E-state index contributed by atoms with van der Waals surface area (Å²) in [5.74, 6) is 0.893. The third-order valence-corrected chi connectivity index (χ3v) is 5.72. The molecular weight excluding hydrogens is 362 g/mol. The molecule has 6 heteroatoms. The summed E-state index contributed by atoms with van der Waals surface area (Å²) in [6.45, 7) is 4.64. The molecule has 29 heavy (non-hydrogen) atoms. The third kappa shape index (κ3) is 9.31. The number of nitrogens with one attached hydrogen (secondary N) is 3. The van der Waals surface area contributed by atoms with E-state index in [1.807, 2.05) is 0 Å². The Hall–Kier alpha value is -2.08. The second kappa shape index (κ2) is 13.2. The van der Waals surface area contributed by atoms with Gasteiger partial charge in [0.1, 0.15) is 0 Å². The molecule has 1 aromatic carbocycles. The van der Waals surface area contributed by atoms with E-state index in [0.717, 1.165) is 38.3 Å². The lowest BCUT2D eigenvalue weighted by Gasteiger charge is -2.25. The number of rotatable bonds is 10. The highest BCUT2D eigenvalue weighted by atomic mass is 16.1. The van der Waals surface area contributed by atoms with E-state index in [4.69, 9.17) is 0 Å². The quantitative estimate of drug-likeness (QED) is 0.417. The van der Waals surface area contributed by atoms with E-state index >= 15 is 0 Å². The fourth-order valence-corrected chi connectivity index (χ4v) is 3.71. The summed E-state index contributed by atoms with van der Waals surface area (Å²) in [5.41, 5.74) is 1.33. The molecule has 1 fully saturated rings. The van der Waals surface area contributed by atoms with Gasteiger partial charge in [0, 0.05) is 45.2 Å². The van der Waals surface area contributed by atoms with E-state index in [-0.39, 0.29) is 5.91 Å². The molecule has 1 saturated carbocycles. The van der Waals surface area contributed by atoms with Crippen molar-refractivity contribution < 1.29 is 4.79 Å². The van der Waals surface area contributed by atoms with Gasteiger partial charge in [0.05, 0.1) is 0 Å². The molecule has 6 nitrogen and oxygen atoms in total. The number of hydrogen-bond acceptors (Lipinski definition) is 3. The van der Waals surface area contributed by atoms with Crippen molar-refractivity contribution in [3.63, 3.8) is 0 Å². The van der Waals surface area contributed by atoms with Crippen LogP contribution in [0.15, 0.2) is 35.3 Å². The highest BCUT2D eigenvalue weighted by Gasteiger charge is 2.15. The average molecular weight is 402 g/mol. The molecule has 0 spiro atoms. The maximum Gasteiger partial charge on any atom is 0.221 e. The van der Waals surface area contributed by atoms with Gasteiger partial charge in [-0.25, -0.2) is 0 Å². The van der Waals surface area contributed by atoms with Crippen LogP contribution in [0.2, 0.25) is 0 Å². The Labute approximate surface area is 176 Å². The fraction of sp³-hybridized carbons (Fsp3) is 0.652. The van der Waals surface area contributed by atoms with Crippen LogP contribution in [0.25, 0.3) is 0 Å². The predicted molar refractivity (Wildman–Crippen MR) is 121 cm³/mol. The first-order valence-corrected chi connectivity index (χ1v) is 11.1. The van der Waals surface area contributed by atoms with Crippen LogP contribution in [0.3, 0.4) is 0 Å². The summed E-state index contributed by atoms with van der Waals surface area (Å²) >= 11 is 0. The number of amides is 1. The summed E-state index contributed by atoms with van der Waals surface area (Å²) in [6, 6.07) is 11.4. The van der Waals surface area contributed by atoms with Crippen LogP contribution in [-0.2, 0) is 11.3 Å². The molecule has 0 radical (unpaired) electrons. The van der Waals surface area contributed by atoms with Crippen LogP contribution in [0.5, 0.6) is 0 Å². The van der Waals surface area contributed by atoms with Crippen LogP contribution >= 0.6 is 0 Å². The van der Waals surface area contributed by atoms with Gasteiger partial charge >= 0.3 is 0 Å². The van der Waals surface area contributed by atoms with Crippen LogP contribution in [-0.4, -0.2) is 56.0 Å². The van der Waals surface area contributed by atoms with Crippen LogP contribution in [0.4, 0.5) is 0 Å². The van der Waals surface area contributed by atoms with E-state index in [2.05, 4.69) is 70.1 Å². The molecule has 0 saturated heterocycles. The van der Waals surface area contributed by atoms with Crippen molar-refractivity contribution in [2.75, 3.05) is 27.2 Å². The molecule has 0 aliphatic heterocycles. The van der Waals surface area contributed by atoms with Gasteiger partial charge in [0.2, 0.25) is 5.91 Å². The second-order valence-electron chi connectivity index (χ2n) is 8.12. The highest BCUT2D eigenvalue weighted by Crippen LogP contribution is 2.17. The van der Waals surface area contributed by atoms with Gasteiger partial charge in [0.25, 0.3) is 0 Å². The lowest BCUT2D eigenvalue weighted by molar-refractivity contribution is -0.121. The Kier molecular flexibility index (Phi) is 10.6. The van der Waals surface area contributed by atoms with Crippen molar-refractivity contribution in [3.8, 4) is 0 Å². The summed E-state index contributed by atoms with van der Waals surface area (Å²) in [7, 11) is 3.93. The number of carbonyl (C=O) groups is 1. The van der Waals surface area contributed by atoms with E-state index in [1.165, 1.54) is 24.8 Å². The number of guanidine groups is 1. The highest BCUT2D eigenvalue weighted by molar-refractivity contribution is 5.81. The summed E-state index contributed by atoms with van der Waals surface area (Å²) in [4.78, 5) is 18.7. The maximum absolute atomic E-state index is 12.1. The number of hydrogen-bond donors (Lipinski definition) is 3. The van der Waals surface area contributed by atoms with Gasteiger partial charge < -0.3 is 16.0 Å². The smallest absolute Gasteiger partial charge is 0.221 e. The first-order valence-electron chi connectivity index (χ1n) is 11.1. The van der Waals surface area contributed by atoms with Crippen LogP contribution in [0.1, 0.15) is 57.4 Å². The summed E-state index contributed by atoms with van der Waals surface area (Å²) in [6.07, 6.45) is 7.52. The lowest BCUT2D eigenvalue weighted by atomic mass is 9.95. The fourth-order valence-electron chi connectivity index (χ4n) is 3.71. The average Bonchev–Trinajstić information content (AvgIpc) is 2.74. The lowest BCUT2D eigenvalue weighted by Crippen LogP contribution is -2.42. The Morgan fingerprint density at radius 2 is 1.83 bits per heavy atom. The number of carbonyl (C=O) groups excluding carboxylic acids is 1. The van der Waals surface area contributed by atoms with Crippen molar-refractivity contribution in [2.24, 2.45) is 4.99 Å². The van der Waals surface area contributed by atoms with Gasteiger partial charge in [-0.05, 0) is 38.8 Å².